The highest BCUT2D eigenvalue weighted by Gasteiger charge is 2.63. The first-order valence-electron chi connectivity index (χ1n) is 10.3. The van der Waals surface area contributed by atoms with E-state index < -0.39 is 12.2 Å². The van der Waals surface area contributed by atoms with Crippen molar-refractivity contribution < 1.29 is 19.7 Å². The summed E-state index contributed by atoms with van der Waals surface area (Å²) in [6.07, 6.45) is 8.95. The number of ether oxygens (including phenoxy) is 1. The number of hydrogen-bond acceptors (Lipinski definition) is 4. The summed E-state index contributed by atoms with van der Waals surface area (Å²) in [5.41, 5.74) is 0.975. The molecule has 4 aliphatic carbocycles. The topological polar surface area (TPSA) is 66.8 Å². The first-order chi connectivity index (χ1) is 12.7. The van der Waals surface area contributed by atoms with E-state index in [2.05, 4.69) is 35.9 Å². The van der Waals surface area contributed by atoms with Gasteiger partial charge in [0.2, 0.25) is 0 Å². The number of aliphatic hydroxyl groups is 2. The summed E-state index contributed by atoms with van der Waals surface area (Å²) in [6, 6.07) is 0. The number of hydrogen-bond donors (Lipinski definition) is 2. The Morgan fingerprint density at radius 3 is 2.78 bits per heavy atom. The third kappa shape index (κ3) is 2.87. The predicted molar refractivity (Wildman–Crippen MR) is 107 cm³/mol. The molecule has 2 N–H and O–H groups in total. The maximum Gasteiger partial charge on any atom is 0.305 e. The molecule has 0 radical (unpaired) electrons. The van der Waals surface area contributed by atoms with E-state index in [1.165, 1.54) is 5.57 Å². The van der Waals surface area contributed by atoms with E-state index in [4.69, 9.17) is 4.74 Å². The highest BCUT2D eigenvalue weighted by molar-refractivity contribution is 9.09. The molecule has 0 heterocycles. The zero-order chi connectivity index (χ0) is 19.6. The molecule has 0 saturated heterocycles. The van der Waals surface area contributed by atoms with Crippen molar-refractivity contribution in [1.82, 2.24) is 0 Å². The second-order valence-electron chi connectivity index (χ2n) is 9.45. The van der Waals surface area contributed by atoms with Crippen molar-refractivity contribution in [3.8, 4) is 0 Å². The van der Waals surface area contributed by atoms with Crippen LogP contribution in [-0.4, -0.2) is 39.3 Å². The van der Waals surface area contributed by atoms with Crippen LogP contribution in [0.4, 0.5) is 0 Å². The Balaban J connectivity index is 1.69. The third-order valence-electron chi connectivity index (χ3n) is 8.10. The standard InChI is InChI=1S/C22H31BrO4/c1-4-18(26)27-20-16(23)11-15-19-14(6-8-22(15,20)3)21(2)7-5-13(24)9-12(21)10-17(19)25/h5,7,10,13-17,19-20,24-25H,4,6,8-9,11H2,1-3H3/t13-,14-,15-,16+,17-,19+,20-,21-,22-/m0/s1. The second-order valence-corrected chi connectivity index (χ2v) is 10.6. The number of rotatable bonds is 2. The summed E-state index contributed by atoms with van der Waals surface area (Å²) < 4.78 is 5.88. The summed E-state index contributed by atoms with van der Waals surface area (Å²) in [5.74, 6) is 0.675. The molecule has 4 aliphatic rings. The Morgan fingerprint density at radius 1 is 1.33 bits per heavy atom. The lowest BCUT2D eigenvalue weighted by atomic mass is 9.48. The molecular weight excluding hydrogens is 408 g/mol. The fourth-order valence-electron chi connectivity index (χ4n) is 6.59. The molecule has 0 unspecified atom stereocenters. The van der Waals surface area contributed by atoms with Gasteiger partial charge in [-0.25, -0.2) is 0 Å². The number of carbonyl (C=O) groups excluding carboxylic acids is 1. The van der Waals surface area contributed by atoms with Crippen LogP contribution in [0.5, 0.6) is 0 Å². The number of halogens is 1. The van der Waals surface area contributed by atoms with Gasteiger partial charge in [-0.1, -0.05) is 60.5 Å². The third-order valence-corrected chi connectivity index (χ3v) is 8.95. The maximum absolute atomic E-state index is 12.0. The van der Waals surface area contributed by atoms with E-state index in [1.807, 2.05) is 19.1 Å². The quantitative estimate of drug-likeness (QED) is 0.391. The zero-order valence-corrected chi connectivity index (χ0v) is 18.0. The molecule has 4 nitrogen and oxygen atoms in total. The molecule has 150 valence electrons. The lowest BCUT2D eigenvalue weighted by Crippen LogP contribution is -2.54. The van der Waals surface area contributed by atoms with Crippen LogP contribution in [0.3, 0.4) is 0 Å². The van der Waals surface area contributed by atoms with Gasteiger partial charge in [0, 0.05) is 17.3 Å². The van der Waals surface area contributed by atoms with Crippen molar-refractivity contribution in [2.24, 2.45) is 28.6 Å². The average Bonchev–Trinajstić information content (AvgIpc) is 2.87. The van der Waals surface area contributed by atoms with E-state index >= 15 is 0 Å². The maximum atomic E-state index is 12.0. The van der Waals surface area contributed by atoms with Crippen molar-refractivity contribution in [2.75, 3.05) is 0 Å². The van der Waals surface area contributed by atoms with Gasteiger partial charge in [0.15, 0.2) is 0 Å². The predicted octanol–water partition coefficient (Wildman–Crippen LogP) is 3.75. The van der Waals surface area contributed by atoms with Gasteiger partial charge < -0.3 is 14.9 Å². The fourth-order valence-corrected chi connectivity index (χ4v) is 7.70. The van der Waals surface area contributed by atoms with Gasteiger partial charge >= 0.3 is 5.97 Å². The van der Waals surface area contributed by atoms with Crippen LogP contribution in [0.2, 0.25) is 0 Å². The summed E-state index contributed by atoms with van der Waals surface area (Å²) in [7, 11) is 0. The van der Waals surface area contributed by atoms with Gasteiger partial charge in [-0.05, 0) is 43.4 Å². The first kappa shape index (κ1) is 19.7. The number of esters is 1. The molecule has 5 heteroatoms. The van der Waals surface area contributed by atoms with Crippen molar-refractivity contribution >= 4 is 21.9 Å². The second kappa shape index (κ2) is 6.70. The minimum Gasteiger partial charge on any atom is -0.461 e. The molecule has 0 aromatic heterocycles. The molecule has 0 aliphatic heterocycles. The summed E-state index contributed by atoms with van der Waals surface area (Å²) >= 11 is 3.79. The van der Waals surface area contributed by atoms with E-state index in [0.717, 1.165) is 19.3 Å². The Kier molecular flexibility index (Phi) is 4.88. The highest BCUT2D eigenvalue weighted by atomic mass is 79.9. The van der Waals surface area contributed by atoms with E-state index in [0.29, 0.717) is 24.7 Å². The number of fused-ring (bicyclic) bond motifs is 5. The van der Waals surface area contributed by atoms with Gasteiger partial charge in [0.1, 0.15) is 6.10 Å². The average molecular weight is 439 g/mol. The van der Waals surface area contributed by atoms with E-state index in [1.54, 1.807) is 0 Å². The minimum atomic E-state index is -0.498. The zero-order valence-electron chi connectivity index (χ0n) is 16.4. The normalized spacial score (nSPS) is 51.0. The summed E-state index contributed by atoms with van der Waals surface area (Å²) in [4.78, 5) is 12.1. The SMILES string of the molecule is CCC(=O)O[C@H]1[C@H](Br)C[C@H]2[C@@H]3[C@@H](O)C=C4C[C@@H](O)C=C[C@]4(C)[C@H]3CC[C@@]21C. The molecule has 0 aromatic carbocycles. The van der Waals surface area contributed by atoms with Gasteiger partial charge in [-0.15, -0.1) is 0 Å². The minimum absolute atomic E-state index is 0.0928. The molecule has 0 aromatic rings. The number of carbonyl (C=O) groups is 1. The van der Waals surface area contributed by atoms with E-state index in [-0.39, 0.29) is 33.6 Å². The summed E-state index contributed by atoms with van der Waals surface area (Å²) in [5, 5.41) is 21.1. The van der Waals surface area contributed by atoms with Crippen LogP contribution >= 0.6 is 15.9 Å². The molecular formula is C22H31BrO4. The Labute approximate surface area is 170 Å². The molecule has 4 rings (SSSR count). The summed E-state index contributed by atoms with van der Waals surface area (Å²) in [6.45, 7) is 6.35. The molecule has 9 atom stereocenters. The van der Waals surface area contributed by atoms with Gasteiger partial charge in [0.05, 0.1) is 17.0 Å². The Morgan fingerprint density at radius 2 is 2.07 bits per heavy atom. The molecule has 2 fully saturated rings. The Bertz CT molecular complexity index is 688. The van der Waals surface area contributed by atoms with Crippen molar-refractivity contribution in [2.45, 2.75) is 76.0 Å². The Hall–Kier alpha value is -0.650. The smallest absolute Gasteiger partial charge is 0.305 e. The lowest BCUT2D eigenvalue weighted by Gasteiger charge is -2.57. The van der Waals surface area contributed by atoms with Crippen molar-refractivity contribution in [1.29, 1.82) is 0 Å². The molecule has 0 spiro atoms. The fraction of sp³-hybridized carbons (Fsp3) is 0.773. The largest absolute Gasteiger partial charge is 0.461 e. The lowest BCUT2D eigenvalue weighted by molar-refractivity contribution is -0.160. The highest BCUT2D eigenvalue weighted by Crippen LogP contribution is 2.65. The van der Waals surface area contributed by atoms with Crippen LogP contribution in [-0.2, 0) is 9.53 Å². The number of allylic oxidation sites excluding steroid dienone is 1. The van der Waals surface area contributed by atoms with Crippen LogP contribution in [0.25, 0.3) is 0 Å². The molecule has 27 heavy (non-hydrogen) atoms. The molecule has 0 amide bonds. The van der Waals surface area contributed by atoms with Crippen molar-refractivity contribution in [3.05, 3.63) is 23.8 Å². The van der Waals surface area contributed by atoms with Crippen LogP contribution in [0.15, 0.2) is 23.8 Å². The number of aliphatic hydroxyl groups excluding tert-OH is 2. The first-order valence-corrected chi connectivity index (χ1v) is 11.2. The van der Waals surface area contributed by atoms with Crippen LogP contribution < -0.4 is 0 Å². The van der Waals surface area contributed by atoms with Gasteiger partial charge in [-0.3, -0.25) is 4.79 Å². The monoisotopic (exact) mass is 438 g/mol. The van der Waals surface area contributed by atoms with Gasteiger partial charge in [-0.2, -0.15) is 0 Å². The molecule has 0 bridgehead atoms. The van der Waals surface area contributed by atoms with E-state index in [9.17, 15) is 15.0 Å². The van der Waals surface area contributed by atoms with Crippen LogP contribution in [0.1, 0.15) is 52.9 Å². The number of alkyl halides is 1. The van der Waals surface area contributed by atoms with Crippen molar-refractivity contribution in [3.63, 3.8) is 0 Å². The van der Waals surface area contributed by atoms with Gasteiger partial charge in [0.25, 0.3) is 0 Å². The van der Waals surface area contributed by atoms with Crippen LogP contribution in [0, 0.1) is 28.6 Å². The molecule has 2 saturated carbocycles.